The molecule has 5 nitrogen and oxygen atoms in total. The van der Waals surface area contributed by atoms with Crippen LogP contribution in [-0.4, -0.2) is 60.1 Å². The first-order valence-corrected chi connectivity index (χ1v) is 7.10. The van der Waals surface area contributed by atoms with Crippen LogP contribution >= 0.6 is 0 Å². The summed E-state index contributed by atoms with van der Waals surface area (Å²) in [6.07, 6.45) is 0.928. The first-order chi connectivity index (χ1) is 9.61. The van der Waals surface area contributed by atoms with Crippen molar-refractivity contribution in [1.29, 1.82) is 0 Å². The molecule has 0 aliphatic carbocycles. The van der Waals surface area contributed by atoms with Crippen LogP contribution in [0.2, 0.25) is 0 Å². The van der Waals surface area contributed by atoms with Crippen molar-refractivity contribution in [3.8, 4) is 0 Å². The minimum absolute atomic E-state index is 0.0112. The van der Waals surface area contributed by atoms with E-state index in [4.69, 9.17) is 10.8 Å². The number of rotatable bonds is 3. The lowest BCUT2D eigenvalue weighted by Crippen LogP contribution is -2.36. The predicted molar refractivity (Wildman–Crippen MR) is 79.6 cm³/mol. The molecular formula is C15H23N3O2. The Kier molecular flexibility index (Phi) is 4.98. The first kappa shape index (κ1) is 14.8. The van der Waals surface area contributed by atoms with Gasteiger partial charge in [-0.1, -0.05) is 11.6 Å². The van der Waals surface area contributed by atoms with Gasteiger partial charge < -0.3 is 15.7 Å². The summed E-state index contributed by atoms with van der Waals surface area (Å²) in [5.74, 6) is 0.0112. The fourth-order valence-electron chi connectivity index (χ4n) is 2.56. The second kappa shape index (κ2) is 6.72. The normalized spacial score (nSPS) is 17.0. The summed E-state index contributed by atoms with van der Waals surface area (Å²) in [7, 11) is 0. The first-order valence-electron chi connectivity index (χ1n) is 7.10. The quantitative estimate of drug-likeness (QED) is 0.799. The number of aliphatic hydroxyl groups excluding tert-OH is 1. The topological polar surface area (TPSA) is 69.8 Å². The van der Waals surface area contributed by atoms with Gasteiger partial charge in [0.25, 0.3) is 5.91 Å². The van der Waals surface area contributed by atoms with Crippen LogP contribution in [-0.2, 0) is 0 Å². The van der Waals surface area contributed by atoms with E-state index in [2.05, 4.69) is 4.90 Å². The molecule has 0 radical (unpaired) electrons. The standard InChI is InChI=1S/C15H23N3O2/c1-12-3-4-14(16)13(11-12)15(20)18-6-2-5-17(7-8-18)9-10-19/h3-4,11,19H,2,5-10,16H2,1H3. The van der Waals surface area contributed by atoms with Gasteiger partial charge in [0.05, 0.1) is 12.2 Å². The van der Waals surface area contributed by atoms with Gasteiger partial charge in [-0.2, -0.15) is 0 Å². The zero-order valence-electron chi connectivity index (χ0n) is 12.0. The molecule has 1 aromatic rings. The van der Waals surface area contributed by atoms with E-state index in [1.807, 2.05) is 24.0 Å². The van der Waals surface area contributed by atoms with Crippen LogP contribution in [0, 0.1) is 6.92 Å². The van der Waals surface area contributed by atoms with Crippen LogP contribution in [0.4, 0.5) is 5.69 Å². The largest absolute Gasteiger partial charge is 0.398 e. The molecule has 0 atom stereocenters. The van der Waals surface area contributed by atoms with Gasteiger partial charge in [-0.25, -0.2) is 0 Å². The second-order valence-corrected chi connectivity index (χ2v) is 5.30. The minimum Gasteiger partial charge on any atom is -0.398 e. The van der Waals surface area contributed by atoms with Crippen molar-refractivity contribution >= 4 is 11.6 Å². The molecule has 5 heteroatoms. The number of β-amino-alcohol motifs (C(OH)–C–C–N with tert-alkyl or cyclic N) is 1. The molecule has 1 amide bonds. The molecule has 0 unspecified atom stereocenters. The molecule has 1 aromatic carbocycles. The average Bonchev–Trinajstić information content (AvgIpc) is 2.67. The third-order valence-electron chi connectivity index (χ3n) is 3.73. The summed E-state index contributed by atoms with van der Waals surface area (Å²) >= 11 is 0. The van der Waals surface area contributed by atoms with Crippen LogP contribution < -0.4 is 5.73 Å². The molecule has 110 valence electrons. The van der Waals surface area contributed by atoms with Crippen molar-refractivity contribution < 1.29 is 9.90 Å². The van der Waals surface area contributed by atoms with E-state index in [1.54, 1.807) is 6.07 Å². The zero-order chi connectivity index (χ0) is 14.5. The monoisotopic (exact) mass is 277 g/mol. The van der Waals surface area contributed by atoms with Crippen molar-refractivity contribution in [2.75, 3.05) is 45.1 Å². The number of benzene rings is 1. The summed E-state index contributed by atoms with van der Waals surface area (Å²) in [6, 6.07) is 5.56. The van der Waals surface area contributed by atoms with Crippen molar-refractivity contribution in [1.82, 2.24) is 9.80 Å². The highest BCUT2D eigenvalue weighted by Gasteiger charge is 2.21. The molecule has 2 rings (SSSR count). The van der Waals surface area contributed by atoms with Crippen LogP contribution in [0.3, 0.4) is 0 Å². The van der Waals surface area contributed by atoms with E-state index >= 15 is 0 Å². The van der Waals surface area contributed by atoms with E-state index < -0.39 is 0 Å². The van der Waals surface area contributed by atoms with Gasteiger partial charge in [-0.15, -0.1) is 0 Å². The van der Waals surface area contributed by atoms with E-state index in [0.717, 1.165) is 31.6 Å². The van der Waals surface area contributed by atoms with Gasteiger partial charge in [0.2, 0.25) is 0 Å². The Morgan fingerprint density at radius 1 is 1.30 bits per heavy atom. The molecule has 1 heterocycles. The van der Waals surface area contributed by atoms with E-state index in [1.165, 1.54) is 0 Å². The number of nitrogen functional groups attached to an aromatic ring is 1. The van der Waals surface area contributed by atoms with Gasteiger partial charge in [0.1, 0.15) is 0 Å². The van der Waals surface area contributed by atoms with Crippen LogP contribution in [0.1, 0.15) is 22.3 Å². The Morgan fingerprint density at radius 2 is 2.10 bits per heavy atom. The molecule has 0 bridgehead atoms. The molecule has 1 fully saturated rings. The number of nitrogens with zero attached hydrogens (tertiary/aromatic N) is 2. The number of carbonyl (C=O) groups excluding carboxylic acids is 1. The second-order valence-electron chi connectivity index (χ2n) is 5.30. The Hall–Kier alpha value is -1.59. The maximum atomic E-state index is 12.6. The molecule has 0 aromatic heterocycles. The van der Waals surface area contributed by atoms with E-state index in [-0.39, 0.29) is 12.5 Å². The fraction of sp³-hybridized carbons (Fsp3) is 0.533. The van der Waals surface area contributed by atoms with Crippen molar-refractivity contribution in [2.45, 2.75) is 13.3 Å². The molecule has 1 aliphatic rings. The van der Waals surface area contributed by atoms with Crippen LogP contribution in [0.5, 0.6) is 0 Å². The fourth-order valence-corrected chi connectivity index (χ4v) is 2.56. The smallest absolute Gasteiger partial charge is 0.255 e. The van der Waals surface area contributed by atoms with Gasteiger partial charge in [0, 0.05) is 31.9 Å². The number of aryl methyl sites for hydroxylation is 1. The minimum atomic E-state index is 0.0112. The lowest BCUT2D eigenvalue weighted by Gasteiger charge is -2.22. The third kappa shape index (κ3) is 3.49. The predicted octanol–water partition coefficient (Wildman–Crippen LogP) is 0.717. The zero-order valence-corrected chi connectivity index (χ0v) is 12.0. The summed E-state index contributed by atoms with van der Waals surface area (Å²) in [4.78, 5) is 16.6. The summed E-state index contributed by atoms with van der Waals surface area (Å²) < 4.78 is 0. The highest BCUT2D eigenvalue weighted by atomic mass is 16.3. The maximum Gasteiger partial charge on any atom is 0.255 e. The molecule has 0 saturated carbocycles. The lowest BCUT2D eigenvalue weighted by atomic mass is 10.1. The van der Waals surface area contributed by atoms with Crippen LogP contribution in [0.15, 0.2) is 18.2 Å². The van der Waals surface area contributed by atoms with Crippen molar-refractivity contribution in [2.24, 2.45) is 0 Å². The number of nitrogens with two attached hydrogens (primary N) is 1. The molecule has 0 spiro atoms. The number of carbonyl (C=O) groups is 1. The van der Waals surface area contributed by atoms with Gasteiger partial charge in [0.15, 0.2) is 0 Å². The SMILES string of the molecule is Cc1ccc(N)c(C(=O)N2CCCN(CCO)CC2)c1. The Morgan fingerprint density at radius 3 is 2.85 bits per heavy atom. The summed E-state index contributed by atoms with van der Waals surface area (Å²) in [6.45, 7) is 5.96. The molecule has 3 N–H and O–H groups in total. The number of anilines is 1. The Bertz CT molecular complexity index is 476. The lowest BCUT2D eigenvalue weighted by molar-refractivity contribution is 0.0761. The maximum absolute atomic E-state index is 12.6. The highest BCUT2D eigenvalue weighted by Crippen LogP contribution is 2.17. The van der Waals surface area contributed by atoms with Crippen molar-refractivity contribution in [3.05, 3.63) is 29.3 Å². The van der Waals surface area contributed by atoms with Crippen molar-refractivity contribution in [3.63, 3.8) is 0 Å². The molecule has 1 aliphatic heterocycles. The molecule has 20 heavy (non-hydrogen) atoms. The summed E-state index contributed by atoms with van der Waals surface area (Å²) in [5.41, 5.74) is 8.10. The number of hydrogen-bond acceptors (Lipinski definition) is 4. The molecule has 1 saturated heterocycles. The molecular weight excluding hydrogens is 254 g/mol. The number of amides is 1. The van der Waals surface area contributed by atoms with Gasteiger partial charge in [-0.05, 0) is 32.0 Å². The third-order valence-corrected chi connectivity index (χ3v) is 3.73. The number of hydrogen-bond donors (Lipinski definition) is 2. The number of aliphatic hydroxyl groups is 1. The van der Waals surface area contributed by atoms with Crippen LogP contribution in [0.25, 0.3) is 0 Å². The Labute approximate surface area is 120 Å². The Balaban J connectivity index is 2.07. The summed E-state index contributed by atoms with van der Waals surface area (Å²) in [5, 5.41) is 8.99. The van der Waals surface area contributed by atoms with E-state index in [0.29, 0.717) is 24.3 Å². The van der Waals surface area contributed by atoms with Gasteiger partial charge >= 0.3 is 0 Å². The van der Waals surface area contributed by atoms with E-state index in [9.17, 15) is 4.79 Å². The highest BCUT2D eigenvalue weighted by molar-refractivity contribution is 5.99. The van der Waals surface area contributed by atoms with Gasteiger partial charge in [-0.3, -0.25) is 9.69 Å². The average molecular weight is 277 g/mol.